The number of likely N-dealkylation sites (tertiary alicyclic amines) is 1. The molecule has 3 N–H and O–H groups in total. The number of nitrogens with one attached hydrogen (secondary N) is 1. The van der Waals surface area contributed by atoms with Crippen molar-refractivity contribution in [2.24, 2.45) is 5.73 Å². The average Bonchev–Trinajstić information content (AvgIpc) is 2.88. The molecule has 2 aliphatic heterocycles. The number of halogens is 2. The van der Waals surface area contributed by atoms with E-state index in [1.54, 1.807) is 6.08 Å². The standard InChI is InChI=1S/C14H25N3O3.2ClH/c1-2-5-20-13-10-17(11-3-6-19-7-4-11)9-12(13)16-14(18)8-15;;/h2,11-13H,1,3-10,15H2,(H,16,18);2*1H/t12-,13-;;/m1../s1. The Hall–Kier alpha value is -0.370. The number of carbonyl (C=O) groups excluding carboxylic acids is 1. The van der Waals surface area contributed by atoms with Gasteiger partial charge in [0.1, 0.15) is 0 Å². The molecule has 0 aromatic carbocycles. The van der Waals surface area contributed by atoms with Crippen molar-refractivity contribution in [2.45, 2.75) is 31.0 Å². The molecule has 2 rings (SSSR count). The van der Waals surface area contributed by atoms with Gasteiger partial charge in [0.2, 0.25) is 5.91 Å². The molecule has 2 atom stereocenters. The van der Waals surface area contributed by atoms with Gasteiger partial charge in [0.15, 0.2) is 0 Å². The van der Waals surface area contributed by atoms with Gasteiger partial charge >= 0.3 is 0 Å². The minimum Gasteiger partial charge on any atom is -0.381 e. The summed E-state index contributed by atoms with van der Waals surface area (Å²) in [5, 5.41) is 2.96. The Morgan fingerprint density at radius 2 is 2.05 bits per heavy atom. The van der Waals surface area contributed by atoms with Gasteiger partial charge in [-0.25, -0.2) is 0 Å². The van der Waals surface area contributed by atoms with Crippen LogP contribution < -0.4 is 11.1 Å². The molecule has 8 heteroatoms. The van der Waals surface area contributed by atoms with E-state index in [-0.39, 0.29) is 49.4 Å². The van der Waals surface area contributed by atoms with Gasteiger partial charge in [0.25, 0.3) is 0 Å². The Balaban J connectivity index is 0.00000220. The molecule has 0 unspecified atom stereocenters. The number of nitrogens with two attached hydrogens (primary N) is 1. The predicted octanol–water partition coefficient (Wildman–Crippen LogP) is 0.339. The summed E-state index contributed by atoms with van der Waals surface area (Å²) in [6, 6.07) is 0.534. The first-order valence-electron chi connectivity index (χ1n) is 7.28. The van der Waals surface area contributed by atoms with Gasteiger partial charge in [0, 0.05) is 32.3 Å². The molecule has 0 aliphatic carbocycles. The Morgan fingerprint density at radius 1 is 1.36 bits per heavy atom. The number of hydrogen-bond donors (Lipinski definition) is 2. The lowest BCUT2D eigenvalue weighted by Gasteiger charge is -2.30. The lowest BCUT2D eigenvalue weighted by Crippen LogP contribution is -2.46. The quantitative estimate of drug-likeness (QED) is 0.672. The van der Waals surface area contributed by atoms with Crippen molar-refractivity contribution < 1.29 is 14.3 Å². The minimum atomic E-state index is -0.129. The summed E-state index contributed by atoms with van der Waals surface area (Å²) in [6.45, 7) is 7.48. The van der Waals surface area contributed by atoms with Crippen molar-refractivity contribution >= 4 is 30.7 Å². The first-order valence-corrected chi connectivity index (χ1v) is 7.28. The summed E-state index contributed by atoms with van der Waals surface area (Å²) in [6.07, 6.45) is 3.84. The first-order chi connectivity index (χ1) is 9.74. The van der Waals surface area contributed by atoms with Crippen LogP contribution in [-0.4, -0.2) is 68.4 Å². The van der Waals surface area contributed by atoms with E-state index in [9.17, 15) is 4.79 Å². The molecule has 0 aromatic rings. The Labute approximate surface area is 144 Å². The van der Waals surface area contributed by atoms with E-state index >= 15 is 0 Å². The highest BCUT2D eigenvalue weighted by Gasteiger charge is 2.37. The zero-order valence-electron chi connectivity index (χ0n) is 12.7. The van der Waals surface area contributed by atoms with Gasteiger partial charge in [-0.2, -0.15) is 0 Å². The highest BCUT2D eigenvalue weighted by atomic mass is 35.5. The summed E-state index contributed by atoms with van der Waals surface area (Å²) < 4.78 is 11.2. The number of carbonyl (C=O) groups is 1. The molecule has 130 valence electrons. The molecule has 0 aromatic heterocycles. The van der Waals surface area contributed by atoms with Crippen LogP contribution in [0.1, 0.15) is 12.8 Å². The lowest BCUT2D eigenvalue weighted by molar-refractivity contribution is -0.121. The third-order valence-electron chi connectivity index (χ3n) is 3.96. The molecule has 2 heterocycles. The maximum atomic E-state index is 11.5. The van der Waals surface area contributed by atoms with Crippen molar-refractivity contribution in [1.82, 2.24) is 10.2 Å². The van der Waals surface area contributed by atoms with Crippen LogP contribution in [0.5, 0.6) is 0 Å². The fourth-order valence-electron chi connectivity index (χ4n) is 2.92. The number of amides is 1. The summed E-state index contributed by atoms with van der Waals surface area (Å²) in [5.41, 5.74) is 5.37. The number of ether oxygens (including phenoxy) is 2. The second-order valence-corrected chi connectivity index (χ2v) is 5.34. The summed E-state index contributed by atoms with van der Waals surface area (Å²) in [4.78, 5) is 13.9. The van der Waals surface area contributed by atoms with Crippen molar-refractivity contribution in [1.29, 1.82) is 0 Å². The second-order valence-electron chi connectivity index (χ2n) is 5.34. The fraction of sp³-hybridized carbons (Fsp3) is 0.786. The van der Waals surface area contributed by atoms with Crippen LogP contribution in [0.25, 0.3) is 0 Å². The highest BCUT2D eigenvalue weighted by molar-refractivity contribution is 5.85. The molecule has 0 radical (unpaired) electrons. The minimum absolute atomic E-state index is 0. The van der Waals surface area contributed by atoms with Gasteiger partial charge in [0.05, 0.1) is 25.3 Å². The van der Waals surface area contributed by atoms with Gasteiger partial charge in [-0.1, -0.05) is 6.08 Å². The van der Waals surface area contributed by atoms with E-state index in [1.165, 1.54) is 0 Å². The summed E-state index contributed by atoms with van der Waals surface area (Å²) >= 11 is 0. The number of hydrogen-bond acceptors (Lipinski definition) is 5. The third-order valence-corrected chi connectivity index (χ3v) is 3.96. The summed E-state index contributed by atoms with van der Waals surface area (Å²) in [7, 11) is 0. The molecule has 0 spiro atoms. The predicted molar refractivity (Wildman–Crippen MR) is 90.8 cm³/mol. The van der Waals surface area contributed by atoms with E-state index in [0.717, 1.165) is 39.1 Å². The van der Waals surface area contributed by atoms with E-state index in [0.29, 0.717) is 12.6 Å². The third kappa shape index (κ3) is 6.02. The largest absolute Gasteiger partial charge is 0.381 e. The van der Waals surface area contributed by atoms with E-state index in [2.05, 4.69) is 16.8 Å². The topological polar surface area (TPSA) is 76.8 Å². The molecule has 2 fully saturated rings. The Bertz CT molecular complexity index is 341. The monoisotopic (exact) mass is 355 g/mol. The van der Waals surface area contributed by atoms with Crippen LogP contribution in [0.15, 0.2) is 12.7 Å². The molecular weight excluding hydrogens is 329 g/mol. The van der Waals surface area contributed by atoms with Crippen LogP contribution in [0.2, 0.25) is 0 Å². The maximum Gasteiger partial charge on any atom is 0.234 e. The van der Waals surface area contributed by atoms with E-state index in [1.807, 2.05) is 0 Å². The molecule has 6 nitrogen and oxygen atoms in total. The van der Waals surface area contributed by atoms with Crippen molar-refractivity contribution in [3.63, 3.8) is 0 Å². The molecule has 2 saturated heterocycles. The van der Waals surface area contributed by atoms with E-state index in [4.69, 9.17) is 15.2 Å². The van der Waals surface area contributed by atoms with E-state index < -0.39 is 0 Å². The van der Waals surface area contributed by atoms with Gasteiger partial charge < -0.3 is 20.5 Å². The van der Waals surface area contributed by atoms with Crippen molar-refractivity contribution in [2.75, 3.05) is 39.5 Å². The molecule has 1 amide bonds. The lowest BCUT2D eigenvalue weighted by atomic mass is 10.1. The van der Waals surface area contributed by atoms with Crippen LogP contribution in [0.3, 0.4) is 0 Å². The Kier molecular flexibility index (Phi) is 11.0. The molecular formula is C14H27Cl2N3O3. The molecule has 0 saturated carbocycles. The zero-order chi connectivity index (χ0) is 14.4. The maximum absolute atomic E-state index is 11.5. The van der Waals surface area contributed by atoms with Gasteiger partial charge in [-0.05, 0) is 12.8 Å². The van der Waals surface area contributed by atoms with Gasteiger partial charge in [-0.3, -0.25) is 9.69 Å². The Morgan fingerprint density at radius 3 is 2.64 bits per heavy atom. The first kappa shape index (κ1) is 21.6. The van der Waals surface area contributed by atoms with Crippen molar-refractivity contribution in [3.05, 3.63) is 12.7 Å². The molecule has 22 heavy (non-hydrogen) atoms. The van der Waals surface area contributed by atoms with Crippen LogP contribution in [0.4, 0.5) is 0 Å². The normalized spacial score (nSPS) is 25.9. The number of rotatable bonds is 6. The number of nitrogens with zero attached hydrogens (tertiary/aromatic N) is 1. The SMILES string of the molecule is C=CCO[C@@H]1CN(C2CCOCC2)C[C@H]1NC(=O)CN.Cl.Cl. The second kappa shape index (κ2) is 11.2. The van der Waals surface area contributed by atoms with Crippen LogP contribution in [0, 0.1) is 0 Å². The average molecular weight is 356 g/mol. The zero-order valence-corrected chi connectivity index (χ0v) is 14.4. The van der Waals surface area contributed by atoms with Crippen LogP contribution >= 0.6 is 24.8 Å². The molecule has 0 bridgehead atoms. The smallest absolute Gasteiger partial charge is 0.234 e. The highest BCUT2D eigenvalue weighted by Crippen LogP contribution is 2.22. The van der Waals surface area contributed by atoms with Crippen molar-refractivity contribution in [3.8, 4) is 0 Å². The fourth-order valence-corrected chi connectivity index (χ4v) is 2.92. The molecule has 2 aliphatic rings. The van der Waals surface area contributed by atoms with Gasteiger partial charge in [-0.15, -0.1) is 31.4 Å². The van der Waals surface area contributed by atoms with Crippen LogP contribution in [-0.2, 0) is 14.3 Å². The summed E-state index contributed by atoms with van der Waals surface area (Å²) in [5.74, 6) is -0.129.